The van der Waals surface area contributed by atoms with Crippen LogP contribution in [0, 0.1) is 0 Å². The fraction of sp³-hybridized carbons (Fsp3) is 0.190. The Bertz CT molecular complexity index is 893. The fourth-order valence-electron chi connectivity index (χ4n) is 2.54. The van der Waals surface area contributed by atoms with Crippen LogP contribution in [0.4, 0.5) is 0 Å². The van der Waals surface area contributed by atoms with Gasteiger partial charge in [0.15, 0.2) is 0 Å². The quantitative estimate of drug-likeness (QED) is 0.506. The molecule has 0 aliphatic carbocycles. The molecule has 2 aromatic carbocycles. The third kappa shape index (κ3) is 4.36. The highest BCUT2D eigenvalue weighted by molar-refractivity contribution is 7.98. The molecule has 0 spiro atoms. The van der Waals surface area contributed by atoms with Crippen LogP contribution in [0.2, 0.25) is 0 Å². The first-order valence-corrected chi connectivity index (χ1v) is 9.52. The monoisotopic (exact) mass is 367 g/mol. The Morgan fingerprint density at radius 2 is 1.96 bits per heavy atom. The van der Waals surface area contributed by atoms with Gasteiger partial charge in [0.1, 0.15) is 16.9 Å². The van der Waals surface area contributed by atoms with Crippen molar-refractivity contribution in [2.45, 2.75) is 17.4 Å². The summed E-state index contributed by atoms with van der Waals surface area (Å²) in [5.41, 5.74) is 0.368. The van der Waals surface area contributed by atoms with E-state index in [0.717, 1.165) is 10.9 Å². The van der Waals surface area contributed by atoms with E-state index in [1.165, 1.54) is 11.0 Å². The first-order valence-electron chi connectivity index (χ1n) is 8.29. The Morgan fingerprint density at radius 1 is 1.23 bits per heavy atom. The Balaban J connectivity index is 1.61. The van der Waals surface area contributed by atoms with Crippen LogP contribution in [0.1, 0.15) is 18.2 Å². The number of nitrogens with one attached hydrogen (secondary N) is 1. The van der Waals surface area contributed by atoms with Gasteiger partial charge in [0.05, 0.1) is 6.54 Å². The Labute approximate surface area is 156 Å². The summed E-state index contributed by atoms with van der Waals surface area (Å²) >= 11 is 1.67. The molecule has 0 fully saturated rings. The molecule has 0 aliphatic heterocycles. The second-order valence-electron chi connectivity index (χ2n) is 6.25. The Hall–Kier alpha value is -2.50. The molecule has 5 heteroatoms. The number of aliphatic hydroxyl groups is 1. The first kappa shape index (κ1) is 18.3. The molecule has 1 unspecified atom stereocenters. The van der Waals surface area contributed by atoms with Crippen LogP contribution in [0.3, 0.4) is 0 Å². The van der Waals surface area contributed by atoms with Crippen LogP contribution in [-0.2, 0) is 10.4 Å². The SMILES string of the molecule is CSc1ccc(/C=C/C(=O)NCC(C)(O)c2cc3ccccc3o2)cc1. The number of carbonyl (C=O) groups excluding carboxylic acids is 1. The standard InChI is InChI=1S/C21H21NO3S/c1-21(24,19-13-16-5-3-4-6-18(16)25-19)14-22-20(23)12-9-15-7-10-17(26-2)11-8-15/h3-13,24H,14H2,1-2H3,(H,22,23)/b12-9+. The lowest BCUT2D eigenvalue weighted by atomic mass is 10.0. The lowest BCUT2D eigenvalue weighted by Gasteiger charge is -2.20. The van der Waals surface area contributed by atoms with Crippen LogP contribution in [0.25, 0.3) is 17.0 Å². The molecule has 0 saturated heterocycles. The summed E-state index contributed by atoms with van der Waals surface area (Å²) in [7, 11) is 0. The van der Waals surface area contributed by atoms with E-state index in [1.807, 2.05) is 54.8 Å². The highest BCUT2D eigenvalue weighted by atomic mass is 32.2. The molecule has 1 amide bonds. The van der Waals surface area contributed by atoms with E-state index in [0.29, 0.717) is 11.3 Å². The minimum atomic E-state index is -1.29. The Morgan fingerprint density at radius 3 is 2.65 bits per heavy atom. The lowest BCUT2D eigenvalue weighted by molar-refractivity contribution is -0.117. The second-order valence-corrected chi connectivity index (χ2v) is 7.13. The van der Waals surface area contributed by atoms with Gasteiger partial charge in [-0.3, -0.25) is 4.79 Å². The van der Waals surface area contributed by atoms with Gasteiger partial charge in [-0.05, 0) is 49.1 Å². The van der Waals surface area contributed by atoms with Crippen molar-refractivity contribution < 1.29 is 14.3 Å². The number of hydrogen-bond donors (Lipinski definition) is 2. The molecule has 3 aromatic rings. The summed E-state index contributed by atoms with van der Waals surface area (Å²) in [5.74, 6) is 0.158. The Kier molecular flexibility index (Phi) is 5.49. The third-order valence-electron chi connectivity index (χ3n) is 4.11. The van der Waals surface area contributed by atoms with Crippen molar-refractivity contribution in [2.24, 2.45) is 0 Å². The minimum Gasteiger partial charge on any atom is -0.458 e. The maximum absolute atomic E-state index is 12.0. The number of rotatable bonds is 6. The fourth-order valence-corrected chi connectivity index (χ4v) is 2.95. The molecular formula is C21H21NO3S. The zero-order valence-electron chi connectivity index (χ0n) is 14.7. The molecule has 3 rings (SSSR count). The van der Waals surface area contributed by atoms with E-state index >= 15 is 0 Å². The van der Waals surface area contributed by atoms with Crippen molar-refractivity contribution in [3.8, 4) is 0 Å². The van der Waals surface area contributed by atoms with Gasteiger partial charge >= 0.3 is 0 Å². The maximum atomic E-state index is 12.0. The van der Waals surface area contributed by atoms with Crippen LogP contribution in [0.5, 0.6) is 0 Å². The summed E-state index contributed by atoms with van der Waals surface area (Å²) in [6.07, 6.45) is 5.23. The average Bonchev–Trinajstić information content (AvgIpc) is 3.10. The van der Waals surface area contributed by atoms with Gasteiger partial charge in [-0.15, -0.1) is 11.8 Å². The van der Waals surface area contributed by atoms with Crippen LogP contribution in [0.15, 0.2) is 70.0 Å². The molecule has 1 heterocycles. The van der Waals surface area contributed by atoms with Crippen molar-refractivity contribution in [3.05, 3.63) is 72.0 Å². The summed E-state index contributed by atoms with van der Waals surface area (Å²) in [4.78, 5) is 13.2. The van der Waals surface area contributed by atoms with Gasteiger partial charge in [-0.25, -0.2) is 0 Å². The number of amides is 1. The van der Waals surface area contributed by atoms with Crippen molar-refractivity contribution in [3.63, 3.8) is 0 Å². The predicted octanol–water partition coefficient (Wildman–Crippen LogP) is 4.19. The summed E-state index contributed by atoms with van der Waals surface area (Å²) in [6.45, 7) is 1.68. The van der Waals surface area contributed by atoms with Crippen LogP contribution < -0.4 is 5.32 Å². The van der Waals surface area contributed by atoms with Crippen molar-refractivity contribution >= 4 is 34.7 Å². The molecule has 134 valence electrons. The molecule has 0 radical (unpaired) electrons. The molecular weight excluding hydrogens is 346 g/mol. The first-order chi connectivity index (χ1) is 12.5. The van der Waals surface area contributed by atoms with Gasteiger partial charge in [0.2, 0.25) is 5.91 Å². The number of furan rings is 1. The lowest BCUT2D eigenvalue weighted by Crippen LogP contribution is -2.37. The van der Waals surface area contributed by atoms with Crippen molar-refractivity contribution in [1.82, 2.24) is 5.32 Å². The molecule has 0 saturated carbocycles. The zero-order valence-corrected chi connectivity index (χ0v) is 15.5. The maximum Gasteiger partial charge on any atom is 0.244 e. The normalized spacial score (nSPS) is 13.8. The van der Waals surface area contributed by atoms with Gasteiger partial charge < -0.3 is 14.8 Å². The molecule has 26 heavy (non-hydrogen) atoms. The van der Waals surface area contributed by atoms with E-state index in [2.05, 4.69) is 5.32 Å². The minimum absolute atomic E-state index is 0.0570. The summed E-state index contributed by atoms with van der Waals surface area (Å²) in [6, 6.07) is 17.3. The number of carbonyl (C=O) groups is 1. The van der Waals surface area contributed by atoms with Gasteiger partial charge in [0.25, 0.3) is 0 Å². The highest BCUT2D eigenvalue weighted by Crippen LogP contribution is 2.27. The molecule has 4 nitrogen and oxygen atoms in total. The average molecular weight is 367 g/mol. The smallest absolute Gasteiger partial charge is 0.244 e. The van der Waals surface area contributed by atoms with Gasteiger partial charge in [0, 0.05) is 16.4 Å². The molecule has 1 atom stereocenters. The number of para-hydroxylation sites is 1. The zero-order chi connectivity index (χ0) is 18.6. The largest absolute Gasteiger partial charge is 0.458 e. The van der Waals surface area contributed by atoms with Crippen molar-refractivity contribution in [2.75, 3.05) is 12.8 Å². The third-order valence-corrected chi connectivity index (χ3v) is 4.85. The molecule has 2 N–H and O–H groups in total. The van der Waals surface area contributed by atoms with E-state index in [-0.39, 0.29) is 12.5 Å². The van der Waals surface area contributed by atoms with E-state index < -0.39 is 5.60 Å². The van der Waals surface area contributed by atoms with Gasteiger partial charge in [-0.1, -0.05) is 30.3 Å². The topological polar surface area (TPSA) is 62.5 Å². The van der Waals surface area contributed by atoms with E-state index in [9.17, 15) is 9.90 Å². The van der Waals surface area contributed by atoms with Crippen LogP contribution in [-0.4, -0.2) is 23.8 Å². The number of hydrogen-bond acceptors (Lipinski definition) is 4. The van der Waals surface area contributed by atoms with E-state index in [1.54, 1.807) is 30.8 Å². The predicted molar refractivity (Wildman–Crippen MR) is 106 cm³/mol. The van der Waals surface area contributed by atoms with Crippen molar-refractivity contribution in [1.29, 1.82) is 0 Å². The number of thioether (sulfide) groups is 1. The number of benzene rings is 2. The van der Waals surface area contributed by atoms with Gasteiger partial charge in [-0.2, -0.15) is 0 Å². The number of fused-ring (bicyclic) bond motifs is 1. The van der Waals surface area contributed by atoms with E-state index in [4.69, 9.17) is 4.42 Å². The van der Waals surface area contributed by atoms with Crippen LogP contribution >= 0.6 is 11.8 Å². The molecule has 1 aromatic heterocycles. The summed E-state index contributed by atoms with van der Waals surface area (Å²) < 4.78 is 5.69. The molecule has 0 aliphatic rings. The highest BCUT2D eigenvalue weighted by Gasteiger charge is 2.27. The molecule has 0 bridgehead atoms. The summed E-state index contributed by atoms with van der Waals surface area (Å²) in [5, 5.41) is 14.3. The second kappa shape index (κ2) is 7.81.